The highest BCUT2D eigenvalue weighted by atomic mass is 32.2. The minimum absolute atomic E-state index is 0.0585. The molecule has 0 aliphatic carbocycles. The first-order valence-corrected chi connectivity index (χ1v) is 9.48. The summed E-state index contributed by atoms with van der Waals surface area (Å²) in [5.74, 6) is -0.733. The number of nitrogens with zero attached hydrogens (tertiary/aromatic N) is 2. The Bertz CT molecular complexity index is 847. The molecule has 0 saturated carbocycles. The number of carboxylic acids is 1. The second-order valence-corrected chi connectivity index (χ2v) is 7.93. The van der Waals surface area contributed by atoms with Crippen LogP contribution in [0, 0.1) is 3.95 Å². The summed E-state index contributed by atoms with van der Waals surface area (Å²) in [6.07, 6.45) is 8.58. The van der Waals surface area contributed by atoms with Crippen LogP contribution in [0.25, 0.3) is 6.08 Å². The first kappa shape index (κ1) is 17.1. The summed E-state index contributed by atoms with van der Waals surface area (Å²) in [6.45, 7) is 0.406. The predicted octanol–water partition coefficient (Wildman–Crippen LogP) is 4.49. The van der Waals surface area contributed by atoms with E-state index in [1.165, 1.54) is 11.3 Å². The van der Waals surface area contributed by atoms with E-state index in [4.69, 9.17) is 17.3 Å². The normalized spacial score (nSPS) is 18.5. The molecule has 24 heavy (non-hydrogen) atoms. The zero-order valence-corrected chi connectivity index (χ0v) is 15.1. The van der Waals surface area contributed by atoms with Crippen molar-refractivity contribution in [1.82, 2.24) is 9.13 Å². The molecule has 1 atom stereocenters. The number of aliphatic carboxylic acids is 1. The molecule has 1 unspecified atom stereocenters. The van der Waals surface area contributed by atoms with Crippen molar-refractivity contribution >= 4 is 47.4 Å². The van der Waals surface area contributed by atoms with Crippen LogP contribution in [-0.2, 0) is 11.3 Å². The molecule has 0 amide bonds. The van der Waals surface area contributed by atoms with E-state index in [1.807, 2.05) is 36.0 Å². The monoisotopic (exact) mass is 380 g/mol. The fourth-order valence-electron chi connectivity index (χ4n) is 2.48. The Morgan fingerprint density at radius 2 is 2.12 bits per heavy atom. The lowest BCUT2D eigenvalue weighted by Gasteiger charge is -2.12. The van der Waals surface area contributed by atoms with Crippen molar-refractivity contribution in [2.75, 3.05) is 0 Å². The quantitative estimate of drug-likeness (QED) is 0.723. The lowest BCUT2D eigenvalue weighted by molar-refractivity contribution is -0.137. The SMILES string of the molecule is O=C(O)CCCn1c(O)c(C=C2SC=CC2n2cccc2)sc1=S. The molecule has 0 bridgehead atoms. The van der Waals surface area contributed by atoms with E-state index in [-0.39, 0.29) is 18.3 Å². The van der Waals surface area contributed by atoms with Crippen LogP contribution in [0.2, 0.25) is 0 Å². The molecule has 1 aliphatic rings. The van der Waals surface area contributed by atoms with Gasteiger partial charge in [0.25, 0.3) is 0 Å². The number of aromatic hydroxyl groups is 1. The van der Waals surface area contributed by atoms with Gasteiger partial charge >= 0.3 is 5.97 Å². The van der Waals surface area contributed by atoms with Gasteiger partial charge in [-0.25, -0.2) is 0 Å². The van der Waals surface area contributed by atoms with Crippen LogP contribution >= 0.6 is 35.3 Å². The average molecular weight is 381 g/mol. The molecule has 2 N–H and O–H groups in total. The topological polar surface area (TPSA) is 67.4 Å². The Morgan fingerprint density at radius 3 is 2.83 bits per heavy atom. The van der Waals surface area contributed by atoms with Crippen molar-refractivity contribution in [3.63, 3.8) is 0 Å². The fourth-order valence-corrected chi connectivity index (χ4v) is 4.77. The summed E-state index contributed by atoms with van der Waals surface area (Å²) in [5, 5.41) is 21.2. The number of hydrogen-bond donors (Lipinski definition) is 2. The van der Waals surface area contributed by atoms with E-state index in [0.29, 0.717) is 21.8 Å². The van der Waals surface area contributed by atoms with Crippen molar-refractivity contribution in [2.24, 2.45) is 0 Å². The van der Waals surface area contributed by atoms with Crippen molar-refractivity contribution in [3.05, 3.63) is 49.7 Å². The van der Waals surface area contributed by atoms with Crippen molar-refractivity contribution in [1.29, 1.82) is 0 Å². The van der Waals surface area contributed by atoms with Crippen LogP contribution in [0.1, 0.15) is 23.8 Å². The van der Waals surface area contributed by atoms with E-state index in [2.05, 4.69) is 10.6 Å². The first-order chi connectivity index (χ1) is 11.6. The van der Waals surface area contributed by atoms with Crippen LogP contribution < -0.4 is 0 Å². The number of hydrogen-bond acceptors (Lipinski definition) is 5. The minimum atomic E-state index is -0.846. The molecule has 0 spiro atoms. The van der Waals surface area contributed by atoms with E-state index in [1.54, 1.807) is 16.3 Å². The third-order valence-electron chi connectivity index (χ3n) is 3.64. The van der Waals surface area contributed by atoms with Gasteiger partial charge in [0.15, 0.2) is 3.95 Å². The first-order valence-electron chi connectivity index (χ1n) is 7.38. The second-order valence-electron chi connectivity index (χ2n) is 5.27. The number of thiazole rings is 1. The summed E-state index contributed by atoms with van der Waals surface area (Å²) in [6, 6.07) is 4.09. The lowest BCUT2D eigenvalue weighted by Crippen LogP contribution is -2.02. The van der Waals surface area contributed by atoms with Crippen LogP contribution in [0.3, 0.4) is 0 Å². The molecule has 126 valence electrons. The maximum Gasteiger partial charge on any atom is 0.303 e. The standard InChI is InChI=1S/C16H16N2O3S3/c19-14(20)4-3-8-18-15(21)13(24-16(18)22)10-12-11(5-9-23-12)17-6-1-2-7-17/h1-2,5-7,9-11,21H,3-4,8H2,(H,19,20). The van der Waals surface area contributed by atoms with Crippen molar-refractivity contribution in [3.8, 4) is 5.88 Å². The third-order valence-corrected chi connectivity index (χ3v) is 5.96. The van der Waals surface area contributed by atoms with Gasteiger partial charge in [-0.2, -0.15) is 0 Å². The number of carbonyl (C=O) groups is 1. The molecule has 0 saturated heterocycles. The van der Waals surface area contributed by atoms with E-state index < -0.39 is 5.97 Å². The summed E-state index contributed by atoms with van der Waals surface area (Å²) in [4.78, 5) is 12.4. The maximum atomic E-state index is 10.6. The maximum absolute atomic E-state index is 10.6. The highest BCUT2D eigenvalue weighted by Gasteiger charge is 2.19. The number of carboxylic acid groups (broad SMARTS) is 1. The highest BCUT2D eigenvalue weighted by Crippen LogP contribution is 2.41. The summed E-state index contributed by atoms with van der Waals surface area (Å²) in [7, 11) is 0. The van der Waals surface area contributed by atoms with E-state index >= 15 is 0 Å². The number of aromatic nitrogens is 2. The zero-order valence-electron chi connectivity index (χ0n) is 12.7. The van der Waals surface area contributed by atoms with Gasteiger partial charge in [0.05, 0.1) is 10.9 Å². The molecule has 8 heteroatoms. The predicted molar refractivity (Wildman–Crippen MR) is 99.9 cm³/mol. The zero-order chi connectivity index (χ0) is 17.1. The Labute approximate surface area is 152 Å². The Hall–Kier alpha value is -1.77. The molecule has 1 aliphatic heterocycles. The molecule has 3 rings (SSSR count). The van der Waals surface area contributed by atoms with Crippen LogP contribution in [0.4, 0.5) is 0 Å². The highest BCUT2D eigenvalue weighted by molar-refractivity contribution is 8.06. The summed E-state index contributed by atoms with van der Waals surface area (Å²) < 4.78 is 4.26. The number of rotatable bonds is 6. The molecule has 0 radical (unpaired) electrons. The van der Waals surface area contributed by atoms with Gasteiger partial charge in [-0.05, 0) is 42.3 Å². The third kappa shape index (κ3) is 3.66. The Balaban J connectivity index is 1.82. The smallest absolute Gasteiger partial charge is 0.303 e. The van der Waals surface area contributed by atoms with Gasteiger partial charge in [-0.15, -0.1) is 23.1 Å². The number of thioether (sulfide) groups is 1. The Morgan fingerprint density at radius 1 is 1.38 bits per heavy atom. The van der Waals surface area contributed by atoms with Gasteiger partial charge in [0.1, 0.15) is 0 Å². The van der Waals surface area contributed by atoms with Crippen LogP contribution in [0.15, 0.2) is 40.9 Å². The molecule has 5 nitrogen and oxygen atoms in total. The van der Waals surface area contributed by atoms with E-state index in [9.17, 15) is 9.90 Å². The molecule has 0 aromatic carbocycles. The molecular formula is C16H16N2O3S3. The van der Waals surface area contributed by atoms with Crippen LogP contribution in [0.5, 0.6) is 5.88 Å². The number of allylic oxidation sites excluding steroid dienone is 2. The molecule has 2 aromatic rings. The summed E-state index contributed by atoms with van der Waals surface area (Å²) in [5.41, 5.74) is 0. The summed E-state index contributed by atoms with van der Waals surface area (Å²) >= 11 is 8.27. The fraction of sp³-hybridized carbons (Fsp3) is 0.250. The van der Waals surface area contributed by atoms with E-state index in [0.717, 1.165) is 4.91 Å². The van der Waals surface area contributed by atoms with Crippen molar-refractivity contribution in [2.45, 2.75) is 25.4 Å². The molecular weight excluding hydrogens is 364 g/mol. The second kappa shape index (κ2) is 7.42. The van der Waals surface area contributed by atoms with Gasteiger partial charge in [0.2, 0.25) is 5.88 Å². The van der Waals surface area contributed by atoms with Crippen molar-refractivity contribution < 1.29 is 15.0 Å². The van der Waals surface area contributed by atoms with Gasteiger partial charge in [-0.3, -0.25) is 9.36 Å². The Kier molecular flexibility index (Phi) is 5.27. The lowest BCUT2D eigenvalue weighted by atomic mass is 10.2. The van der Waals surface area contributed by atoms with Gasteiger partial charge in [0, 0.05) is 30.3 Å². The minimum Gasteiger partial charge on any atom is -0.493 e. The van der Waals surface area contributed by atoms with Gasteiger partial charge in [-0.1, -0.05) is 6.08 Å². The van der Waals surface area contributed by atoms with Gasteiger partial charge < -0.3 is 14.8 Å². The average Bonchev–Trinajstić information content (AvgIpc) is 3.24. The molecule has 2 aromatic heterocycles. The van der Waals surface area contributed by atoms with Crippen LogP contribution in [-0.4, -0.2) is 25.3 Å². The molecule has 3 heterocycles. The molecule has 0 fully saturated rings. The largest absolute Gasteiger partial charge is 0.493 e.